The quantitative estimate of drug-likeness (QED) is 0.747. The number of hydrogen-bond donors (Lipinski definition) is 2. The van der Waals surface area contributed by atoms with Gasteiger partial charge in [-0.05, 0) is 43.9 Å². The maximum Gasteiger partial charge on any atom is 0.174 e. The minimum absolute atomic E-state index is 0.137. The zero-order valence-electron chi connectivity index (χ0n) is 14.8. The molecule has 0 saturated carbocycles. The topological polar surface area (TPSA) is 88.8 Å². The van der Waals surface area contributed by atoms with Crippen LogP contribution in [-0.4, -0.2) is 41.9 Å². The van der Waals surface area contributed by atoms with Crippen molar-refractivity contribution in [1.29, 1.82) is 0 Å². The van der Waals surface area contributed by atoms with Crippen LogP contribution in [0.25, 0.3) is 23.0 Å². The monoisotopic (exact) mass is 360 g/mol. The number of benzene rings is 1. The summed E-state index contributed by atoms with van der Waals surface area (Å²) in [5.74, 6) is 0.767. The van der Waals surface area contributed by atoms with Gasteiger partial charge in [-0.3, -0.25) is 0 Å². The molecule has 4 heterocycles. The second-order valence-electron chi connectivity index (χ2n) is 7.22. The van der Waals surface area contributed by atoms with Gasteiger partial charge in [0.1, 0.15) is 11.4 Å². The number of hydrogen-bond acceptors (Lipinski definition) is 6. The van der Waals surface area contributed by atoms with Crippen molar-refractivity contribution in [2.24, 2.45) is 0 Å². The number of piperidine rings is 1. The van der Waals surface area contributed by atoms with Crippen molar-refractivity contribution in [1.82, 2.24) is 30.0 Å². The first-order valence-corrected chi connectivity index (χ1v) is 9.21. The number of phenolic OH excluding ortho intramolecular Hbond substituents is 1. The van der Waals surface area contributed by atoms with Crippen LogP contribution in [0, 0.1) is 0 Å². The van der Waals surface area contributed by atoms with Crippen molar-refractivity contribution in [3.8, 4) is 22.7 Å². The standard InChI is InChI=1S/C20H20N6O/c27-19-10-16(26-6-5-21-12-26)3-4-17(19)18-11-22-20(25-24-18)9-13-7-14-1-2-15(8-13)23-14/h3-6,9-12,14-15,23,27H,1-2,7-8H2/t14-,15?/m1/s1. The number of nitrogens with zero attached hydrogens (tertiary/aromatic N) is 5. The molecule has 2 aliphatic heterocycles. The number of rotatable bonds is 3. The lowest BCUT2D eigenvalue weighted by Gasteiger charge is -2.23. The highest BCUT2D eigenvalue weighted by atomic mass is 16.3. The Labute approximate surface area is 156 Å². The number of phenols is 1. The number of aromatic hydroxyl groups is 1. The molecule has 2 fully saturated rings. The van der Waals surface area contributed by atoms with Crippen molar-refractivity contribution < 1.29 is 5.11 Å². The molecule has 7 nitrogen and oxygen atoms in total. The summed E-state index contributed by atoms with van der Waals surface area (Å²) in [4.78, 5) is 8.46. The molecule has 0 amide bonds. The first-order valence-electron chi connectivity index (χ1n) is 9.21. The Morgan fingerprint density at radius 3 is 2.67 bits per heavy atom. The smallest absolute Gasteiger partial charge is 0.174 e. The first-order chi connectivity index (χ1) is 13.2. The Morgan fingerprint density at radius 1 is 1.15 bits per heavy atom. The van der Waals surface area contributed by atoms with Crippen molar-refractivity contribution in [3.05, 3.63) is 54.5 Å². The molecule has 2 saturated heterocycles. The van der Waals surface area contributed by atoms with Crippen LogP contribution in [0.4, 0.5) is 0 Å². The van der Waals surface area contributed by atoms with Crippen molar-refractivity contribution in [2.75, 3.05) is 0 Å². The summed E-state index contributed by atoms with van der Waals surface area (Å²) in [6, 6.07) is 6.61. The molecule has 1 aromatic carbocycles. The largest absolute Gasteiger partial charge is 0.507 e. The molecule has 3 aromatic rings. The molecule has 0 radical (unpaired) electrons. The molecule has 136 valence electrons. The van der Waals surface area contributed by atoms with Gasteiger partial charge < -0.3 is 15.0 Å². The molecule has 2 atom stereocenters. The Morgan fingerprint density at radius 2 is 2.00 bits per heavy atom. The Bertz CT molecular complexity index is 966. The van der Waals surface area contributed by atoms with Crippen LogP contribution in [-0.2, 0) is 0 Å². The van der Waals surface area contributed by atoms with Crippen LogP contribution >= 0.6 is 0 Å². The van der Waals surface area contributed by atoms with E-state index in [1.54, 1.807) is 24.8 Å². The third-order valence-electron chi connectivity index (χ3n) is 5.32. The molecular formula is C20H20N6O. The molecule has 2 N–H and O–H groups in total. The normalized spacial score (nSPS) is 23.0. The highest BCUT2D eigenvalue weighted by molar-refractivity contribution is 5.68. The summed E-state index contributed by atoms with van der Waals surface area (Å²) in [6.07, 6.45) is 13.6. The molecule has 2 aliphatic rings. The van der Waals surface area contributed by atoms with Crippen LogP contribution < -0.4 is 5.32 Å². The van der Waals surface area contributed by atoms with Gasteiger partial charge in [-0.15, -0.1) is 10.2 Å². The summed E-state index contributed by atoms with van der Waals surface area (Å²) < 4.78 is 1.83. The summed E-state index contributed by atoms with van der Waals surface area (Å²) >= 11 is 0. The second-order valence-corrected chi connectivity index (χ2v) is 7.22. The second kappa shape index (κ2) is 6.59. The number of aromatic nitrogens is 5. The number of fused-ring (bicyclic) bond motifs is 2. The van der Waals surface area contributed by atoms with E-state index < -0.39 is 0 Å². The Kier molecular flexibility index (Phi) is 3.94. The molecule has 27 heavy (non-hydrogen) atoms. The number of nitrogens with one attached hydrogen (secondary N) is 1. The highest BCUT2D eigenvalue weighted by Crippen LogP contribution is 2.32. The lowest BCUT2D eigenvalue weighted by atomic mass is 9.99. The Balaban J connectivity index is 1.37. The van der Waals surface area contributed by atoms with E-state index in [2.05, 4.69) is 31.6 Å². The minimum atomic E-state index is 0.137. The van der Waals surface area contributed by atoms with Crippen LogP contribution in [0.3, 0.4) is 0 Å². The molecule has 1 unspecified atom stereocenters. The molecule has 5 rings (SSSR count). The Hall–Kier alpha value is -3.06. The highest BCUT2D eigenvalue weighted by Gasteiger charge is 2.30. The average Bonchev–Trinajstić information content (AvgIpc) is 3.32. The minimum Gasteiger partial charge on any atom is -0.507 e. The molecule has 0 aliphatic carbocycles. The molecule has 7 heteroatoms. The maximum absolute atomic E-state index is 10.4. The van der Waals surface area contributed by atoms with Crippen LogP contribution in [0.5, 0.6) is 5.75 Å². The van der Waals surface area contributed by atoms with Gasteiger partial charge in [0, 0.05) is 36.1 Å². The predicted molar refractivity (Wildman–Crippen MR) is 101 cm³/mol. The van der Waals surface area contributed by atoms with E-state index in [1.165, 1.54) is 18.4 Å². The number of imidazole rings is 1. The molecule has 0 spiro atoms. The van der Waals surface area contributed by atoms with Gasteiger partial charge in [-0.1, -0.05) is 5.57 Å². The predicted octanol–water partition coefficient (Wildman–Crippen LogP) is 2.73. The van der Waals surface area contributed by atoms with Gasteiger partial charge in [0.25, 0.3) is 0 Å². The van der Waals surface area contributed by atoms with Gasteiger partial charge in [0.15, 0.2) is 5.82 Å². The van der Waals surface area contributed by atoms with Crippen LogP contribution in [0.15, 0.2) is 48.7 Å². The SMILES string of the molecule is Oc1cc(-n2ccnc2)ccc1-c1cnc(C=C2CC3CC[C@H](C2)N3)nn1. The summed E-state index contributed by atoms with van der Waals surface area (Å²) in [5.41, 5.74) is 3.38. The molecular weight excluding hydrogens is 340 g/mol. The van der Waals surface area contributed by atoms with Gasteiger partial charge in [0.2, 0.25) is 0 Å². The van der Waals surface area contributed by atoms with Gasteiger partial charge >= 0.3 is 0 Å². The zero-order chi connectivity index (χ0) is 18.2. The zero-order valence-corrected chi connectivity index (χ0v) is 14.8. The van der Waals surface area contributed by atoms with Gasteiger partial charge in [-0.25, -0.2) is 9.97 Å². The lowest BCUT2D eigenvalue weighted by Crippen LogP contribution is -2.34. The van der Waals surface area contributed by atoms with Gasteiger partial charge in [0.05, 0.1) is 18.2 Å². The van der Waals surface area contributed by atoms with Crippen LogP contribution in [0.1, 0.15) is 31.5 Å². The van der Waals surface area contributed by atoms with E-state index in [1.807, 2.05) is 22.9 Å². The van der Waals surface area contributed by atoms with Crippen molar-refractivity contribution in [2.45, 2.75) is 37.8 Å². The maximum atomic E-state index is 10.4. The van der Waals surface area contributed by atoms with E-state index in [9.17, 15) is 5.11 Å². The van der Waals surface area contributed by atoms with Crippen molar-refractivity contribution in [3.63, 3.8) is 0 Å². The van der Waals surface area contributed by atoms with Gasteiger partial charge in [-0.2, -0.15) is 0 Å². The molecule has 2 bridgehead atoms. The fourth-order valence-corrected chi connectivity index (χ4v) is 4.02. The summed E-state index contributed by atoms with van der Waals surface area (Å²) in [5, 5.41) is 22.5. The third-order valence-corrected chi connectivity index (χ3v) is 5.32. The fourth-order valence-electron chi connectivity index (χ4n) is 4.02. The van der Waals surface area contributed by atoms with E-state index in [0.717, 1.165) is 18.5 Å². The van der Waals surface area contributed by atoms with E-state index in [-0.39, 0.29) is 5.75 Å². The third kappa shape index (κ3) is 3.21. The van der Waals surface area contributed by atoms with Crippen LogP contribution in [0.2, 0.25) is 0 Å². The average molecular weight is 360 g/mol. The fraction of sp³-hybridized carbons (Fsp3) is 0.300. The van der Waals surface area contributed by atoms with Crippen molar-refractivity contribution >= 4 is 6.08 Å². The summed E-state index contributed by atoms with van der Waals surface area (Å²) in [7, 11) is 0. The van der Waals surface area contributed by atoms with E-state index in [0.29, 0.717) is 29.2 Å². The summed E-state index contributed by atoms with van der Waals surface area (Å²) in [6.45, 7) is 0. The lowest BCUT2D eigenvalue weighted by molar-refractivity contribution is 0.475. The van der Waals surface area contributed by atoms with E-state index >= 15 is 0 Å². The molecule has 2 aromatic heterocycles. The first kappa shape index (κ1) is 16.1. The van der Waals surface area contributed by atoms with E-state index in [4.69, 9.17) is 0 Å².